The first-order valence-electron chi connectivity index (χ1n) is 42.0. The van der Waals surface area contributed by atoms with Gasteiger partial charge in [-0.3, -0.25) is 38.4 Å². The summed E-state index contributed by atoms with van der Waals surface area (Å²) in [5, 5.41) is 34.3. The molecule has 4 N–H and O–H groups in total. The molecule has 0 bridgehead atoms. The minimum Gasteiger partial charge on any atom is -0.490 e. The number of rotatable bonds is 46. The highest BCUT2D eigenvalue weighted by Gasteiger charge is 2.28. The molecular weight excluding hydrogens is 1670 g/mol. The highest BCUT2D eigenvalue weighted by atomic mass is 16.6. The Morgan fingerprint density at radius 3 is 0.985 bits per heavy atom. The third-order valence-corrected chi connectivity index (χ3v) is 20.2. The van der Waals surface area contributed by atoms with E-state index < -0.39 is 96.0 Å². The van der Waals surface area contributed by atoms with E-state index in [0.29, 0.717) is 11.5 Å². The first-order chi connectivity index (χ1) is 61.3. The summed E-state index contributed by atoms with van der Waals surface area (Å²) >= 11 is 0. The fourth-order valence-electron chi connectivity index (χ4n) is 11.9. The molecule has 0 saturated heterocycles. The minimum absolute atomic E-state index is 0.0439. The molecule has 4 unspecified atom stereocenters. The molecule has 4 atom stereocenters. The van der Waals surface area contributed by atoms with Gasteiger partial charge in [-0.15, -0.1) is 0 Å². The van der Waals surface area contributed by atoms with E-state index in [1.807, 2.05) is 48.5 Å². The Kier molecular flexibility index (Phi) is 49.0. The largest absolute Gasteiger partial charge is 0.490 e. The molecule has 0 spiro atoms. The van der Waals surface area contributed by atoms with Gasteiger partial charge in [0, 0.05) is 48.3 Å². The quantitative estimate of drug-likeness (QED) is 0.0156. The molecule has 702 valence electrons. The number of benzene rings is 7. The van der Waals surface area contributed by atoms with Crippen molar-refractivity contribution in [2.24, 2.45) is 0 Å². The van der Waals surface area contributed by atoms with E-state index in [2.05, 4.69) is 206 Å². The van der Waals surface area contributed by atoms with Crippen molar-refractivity contribution in [1.82, 2.24) is 0 Å². The van der Waals surface area contributed by atoms with Crippen LogP contribution in [0.1, 0.15) is 182 Å². The van der Waals surface area contributed by atoms with Crippen molar-refractivity contribution in [1.29, 1.82) is 0 Å². The van der Waals surface area contributed by atoms with Crippen LogP contribution in [0.4, 0.5) is 0 Å². The average Bonchev–Trinajstić information content (AvgIpc) is 0.809. The minimum atomic E-state index is -1.11. The number of carbonyl (C=O) groups is 12. The Morgan fingerprint density at radius 1 is 0.346 bits per heavy atom. The predicted octanol–water partition coefficient (Wildman–Crippen LogP) is 16.2. The Morgan fingerprint density at radius 2 is 0.662 bits per heavy atom. The molecule has 0 heterocycles. The number of hydrogen-bond donors (Lipinski definition) is 4. The second kappa shape index (κ2) is 57.5. The summed E-state index contributed by atoms with van der Waals surface area (Å²) in [4.78, 5) is 133. The van der Waals surface area contributed by atoms with Gasteiger partial charge in [0.15, 0.2) is 24.4 Å². The summed E-state index contributed by atoms with van der Waals surface area (Å²) in [6, 6.07) is 50.3. The average molecular weight is 1800 g/mol. The van der Waals surface area contributed by atoms with Gasteiger partial charge in [-0.25, -0.2) is 19.2 Å². The van der Waals surface area contributed by atoms with Gasteiger partial charge in [0.2, 0.25) is 0 Å². The van der Waals surface area contributed by atoms with E-state index in [0.717, 1.165) is 36.1 Å². The van der Waals surface area contributed by atoms with Crippen LogP contribution >= 0.6 is 0 Å². The molecule has 7 aromatic carbocycles. The summed E-state index contributed by atoms with van der Waals surface area (Å²) in [5.41, 5.74) is 21.1. The number of ether oxygens (including phenoxy) is 12. The molecule has 0 aliphatic carbocycles. The second-order valence-electron chi connectivity index (χ2n) is 31.8. The monoisotopic (exact) mass is 1800 g/mol. The maximum absolute atomic E-state index is 12.0. The molecule has 28 nitrogen and oxygen atoms in total. The van der Waals surface area contributed by atoms with Crippen LogP contribution in [0.3, 0.4) is 0 Å². The van der Waals surface area contributed by atoms with E-state index in [9.17, 15) is 57.5 Å². The van der Waals surface area contributed by atoms with Crippen molar-refractivity contribution in [3.63, 3.8) is 0 Å². The van der Waals surface area contributed by atoms with Gasteiger partial charge in [-0.05, 0) is 184 Å². The highest BCUT2D eigenvalue weighted by molar-refractivity contribution is 5.87. The molecule has 28 heteroatoms. The lowest BCUT2D eigenvalue weighted by Crippen LogP contribution is -2.31. The van der Waals surface area contributed by atoms with Gasteiger partial charge in [-0.2, -0.15) is 0 Å². The zero-order valence-electron chi connectivity index (χ0n) is 77.5. The summed E-state index contributed by atoms with van der Waals surface area (Å²) in [5.74, 6) is -8.58. The van der Waals surface area contributed by atoms with Crippen LogP contribution in [0.25, 0.3) is 0 Å². The van der Waals surface area contributed by atoms with Gasteiger partial charge in [0.25, 0.3) is 0 Å². The first kappa shape index (κ1) is 111. The molecule has 0 fully saturated rings. The Hall–Kier alpha value is -13.3. The maximum Gasteiger partial charge on any atom is 0.333 e. The lowest BCUT2D eigenvalue weighted by molar-refractivity contribution is -0.161. The van der Waals surface area contributed by atoms with Crippen molar-refractivity contribution in [3.05, 3.63) is 284 Å². The van der Waals surface area contributed by atoms with Crippen molar-refractivity contribution < 1.29 is 135 Å². The van der Waals surface area contributed by atoms with Crippen LogP contribution in [-0.4, -0.2) is 184 Å². The third-order valence-electron chi connectivity index (χ3n) is 20.2. The molecule has 130 heavy (non-hydrogen) atoms. The Balaban J connectivity index is 0.000000428. The zero-order valence-corrected chi connectivity index (χ0v) is 77.5. The van der Waals surface area contributed by atoms with Crippen LogP contribution in [-0.2, 0) is 129 Å². The lowest BCUT2D eigenvalue weighted by Gasteiger charge is -2.26. The van der Waals surface area contributed by atoms with E-state index in [1.54, 1.807) is 0 Å². The lowest BCUT2D eigenvalue weighted by atomic mass is 9.78. The highest BCUT2D eigenvalue weighted by Crippen LogP contribution is 2.35. The second-order valence-corrected chi connectivity index (χ2v) is 31.8. The Bertz CT molecular complexity index is 4940. The topological polar surface area (TPSA) is 397 Å². The Labute approximate surface area is 761 Å². The molecule has 0 aliphatic rings. The van der Waals surface area contributed by atoms with E-state index in [4.69, 9.17) is 77.3 Å². The van der Waals surface area contributed by atoms with Gasteiger partial charge in [0.05, 0.1) is 64.6 Å². The zero-order chi connectivity index (χ0) is 97.4. The van der Waals surface area contributed by atoms with Gasteiger partial charge in [0.1, 0.15) is 51.1 Å². The summed E-state index contributed by atoms with van der Waals surface area (Å²) < 4.78 is 61.0. The maximum atomic E-state index is 12.0. The fourth-order valence-corrected chi connectivity index (χ4v) is 11.9. The van der Waals surface area contributed by atoms with Crippen molar-refractivity contribution in [3.8, 4) is 11.5 Å². The smallest absolute Gasteiger partial charge is 0.333 e. The molecule has 0 aromatic heterocycles. The number of aryl methyl sites for hydroxylation is 6. The number of carbonyl (C=O) groups excluding carboxylic acids is 8. The van der Waals surface area contributed by atoms with Crippen LogP contribution in [0.5, 0.6) is 11.5 Å². The number of aliphatic carboxylic acids is 4. The normalized spacial score (nSPS) is 11.6. The van der Waals surface area contributed by atoms with Crippen LogP contribution in [0.15, 0.2) is 195 Å². The number of carboxylic acids is 4. The summed E-state index contributed by atoms with van der Waals surface area (Å²) in [6.07, 6.45) is -1.72. The molecule has 0 saturated carbocycles. The SMILES string of the molecule is C=C(C)C(=O)OCC(COC)OC(=O)CCC(=O)O.C=C(C)C(=O)OCC(COc1ccc(C(C)(C)c2ccc(C)cc2)cc1)OC(=O)CCC(=O)O.C=CC(=O)OCC(COC)OC(=O)CCC(=O)O.C=CC(=O)OCC(COc1ccc(C(C)(C)c2ccc(C)cc2)cc1)OC(=O)CCC(=O)O.Cc1ccc(Cc2cc(Cc3cccc(C)c3C)cc(C)c2C)cc1C. The molecule has 0 aliphatic heterocycles. The van der Waals surface area contributed by atoms with Crippen molar-refractivity contribution in [2.45, 2.75) is 196 Å². The van der Waals surface area contributed by atoms with Crippen LogP contribution in [0, 0.1) is 55.4 Å². The van der Waals surface area contributed by atoms with E-state index in [-0.39, 0.29) is 126 Å². The van der Waals surface area contributed by atoms with Crippen LogP contribution < -0.4 is 9.47 Å². The number of methoxy groups -OCH3 is 2. The van der Waals surface area contributed by atoms with E-state index >= 15 is 0 Å². The fraction of sp³-hybridized carbons (Fsp3) is 0.392. The molecule has 0 radical (unpaired) electrons. The summed E-state index contributed by atoms with van der Waals surface area (Å²) in [7, 11) is 2.80. The van der Waals surface area contributed by atoms with Gasteiger partial charge < -0.3 is 77.3 Å². The molecule has 0 amide bonds. The van der Waals surface area contributed by atoms with Gasteiger partial charge >= 0.3 is 71.6 Å². The predicted molar refractivity (Wildman–Crippen MR) is 488 cm³/mol. The van der Waals surface area contributed by atoms with Crippen molar-refractivity contribution >= 4 is 71.6 Å². The molecular formula is C102H126O28. The summed E-state index contributed by atoms with van der Waals surface area (Å²) in [6.45, 7) is 41.6. The molecule has 7 rings (SSSR count). The number of carboxylic acid groups (broad SMARTS) is 4. The van der Waals surface area contributed by atoms with Crippen molar-refractivity contribution in [2.75, 3.05) is 67.1 Å². The standard InChI is InChI=1S/C27H32O7.C26H30O7.C26H30.C12H18O7.C11H16O7/c1-18(2)26(31)33-17-23(34-25(30)15-14-24(28)29)16-32-22-12-10-21(11-13-22)27(4,5)20-8-6-19(3)7-9-20;1-5-24(29)32-17-22(33-25(30)15-14-23(27)28)16-31-21-12-10-20(11-13-21)26(3,4)19-8-6-18(2)7-9-19;1-17-10-11-23(12-19(17)3)14-26-16-24(13-20(4)22(26)6)15-25-9-7-8-18(2)21(25)5;1-8(2)12(16)18-7-9(6-17-3)19-11(15)5-4-10(13)14;1-3-10(14)17-7-8(6-16-2)18-11(15)5-4-9(12)13/h6-13,23H,1,14-17H2,2-5H3,(H,28,29);5-13,22H,1,14-17H2,2-4H3,(H,27,28);7-13,16H,14-15H2,1-6H3;9H,1,4-7H2,2-3H3,(H,13,14);3,8H,1,4-7H2,2H3,(H,12,13). The van der Waals surface area contributed by atoms with Gasteiger partial charge in [-0.1, -0.05) is 186 Å². The van der Waals surface area contributed by atoms with Crippen LogP contribution in [0.2, 0.25) is 0 Å². The van der Waals surface area contributed by atoms with E-state index in [1.165, 1.54) is 106 Å². The molecule has 7 aromatic rings. The third kappa shape index (κ3) is 43.0. The first-order valence-corrected chi connectivity index (χ1v) is 42.0. The number of esters is 8. The number of hydrogen-bond acceptors (Lipinski definition) is 24.